The van der Waals surface area contributed by atoms with Crippen molar-refractivity contribution in [3.63, 3.8) is 0 Å². The van der Waals surface area contributed by atoms with Gasteiger partial charge in [0.25, 0.3) is 0 Å². The molecule has 0 bridgehead atoms. The minimum Gasteiger partial charge on any atom is -0.508 e. The van der Waals surface area contributed by atoms with Crippen LogP contribution >= 0.6 is 0 Å². The van der Waals surface area contributed by atoms with Gasteiger partial charge < -0.3 is 14.6 Å². The van der Waals surface area contributed by atoms with Crippen molar-refractivity contribution in [2.75, 3.05) is 0 Å². The average Bonchev–Trinajstić information content (AvgIpc) is 2.68. The molecule has 0 atom stereocenters. The molecule has 2 aromatic rings. The molecular formula is C12H11NO4. The molecule has 0 saturated carbocycles. The Labute approximate surface area is 97.3 Å². The van der Waals surface area contributed by atoms with Crippen LogP contribution in [0.3, 0.4) is 0 Å². The first-order valence-electron chi connectivity index (χ1n) is 5.07. The first-order chi connectivity index (χ1) is 8.15. The Morgan fingerprint density at radius 3 is 2.82 bits per heavy atom. The van der Waals surface area contributed by atoms with E-state index in [2.05, 4.69) is 4.98 Å². The van der Waals surface area contributed by atoms with Crippen molar-refractivity contribution in [1.82, 2.24) is 4.98 Å². The summed E-state index contributed by atoms with van der Waals surface area (Å²) in [7, 11) is 0. The summed E-state index contributed by atoms with van der Waals surface area (Å²) in [6.07, 6.45) is 1.50. The van der Waals surface area contributed by atoms with E-state index in [1.807, 2.05) is 0 Å². The van der Waals surface area contributed by atoms with Gasteiger partial charge in [0.15, 0.2) is 5.89 Å². The summed E-state index contributed by atoms with van der Waals surface area (Å²) in [6, 6.07) is 6.87. The standard InChI is InChI=1S/C12H11NO4/c14-10-4-2-1-3-8(10)5-11-13-9(7-17-11)6-12(15)16/h1-4,7,14H,5-6H2,(H,15,16). The van der Waals surface area contributed by atoms with E-state index in [4.69, 9.17) is 9.52 Å². The fourth-order valence-corrected chi connectivity index (χ4v) is 1.49. The van der Waals surface area contributed by atoms with E-state index in [1.54, 1.807) is 24.3 Å². The average molecular weight is 233 g/mol. The summed E-state index contributed by atoms with van der Waals surface area (Å²) in [5.74, 6) is -0.388. The monoisotopic (exact) mass is 233 g/mol. The highest BCUT2D eigenvalue weighted by atomic mass is 16.4. The highest BCUT2D eigenvalue weighted by Crippen LogP contribution is 2.19. The minimum atomic E-state index is -0.951. The van der Waals surface area contributed by atoms with Crippen LogP contribution < -0.4 is 0 Å². The number of phenols is 1. The zero-order valence-electron chi connectivity index (χ0n) is 8.96. The number of benzene rings is 1. The third-order valence-electron chi connectivity index (χ3n) is 2.26. The first kappa shape index (κ1) is 11.2. The number of carboxylic acids is 1. The fourth-order valence-electron chi connectivity index (χ4n) is 1.49. The fraction of sp³-hybridized carbons (Fsp3) is 0.167. The SMILES string of the molecule is O=C(O)Cc1coc(Cc2ccccc2O)n1. The van der Waals surface area contributed by atoms with Crippen LogP contribution in [0.25, 0.3) is 0 Å². The lowest BCUT2D eigenvalue weighted by Crippen LogP contribution is -2.00. The number of hydrogen-bond acceptors (Lipinski definition) is 4. The number of aromatic nitrogens is 1. The van der Waals surface area contributed by atoms with Gasteiger partial charge in [-0.05, 0) is 6.07 Å². The highest BCUT2D eigenvalue weighted by Gasteiger charge is 2.09. The summed E-state index contributed by atoms with van der Waals surface area (Å²) in [6.45, 7) is 0. The number of aliphatic carboxylic acids is 1. The van der Waals surface area contributed by atoms with Crippen LogP contribution in [0.4, 0.5) is 0 Å². The Bertz CT molecular complexity index is 533. The summed E-state index contributed by atoms with van der Waals surface area (Å²) >= 11 is 0. The largest absolute Gasteiger partial charge is 0.508 e. The van der Waals surface area contributed by atoms with E-state index in [0.29, 0.717) is 23.6 Å². The van der Waals surface area contributed by atoms with Gasteiger partial charge in [-0.1, -0.05) is 18.2 Å². The van der Waals surface area contributed by atoms with Crippen LogP contribution in [0.1, 0.15) is 17.1 Å². The van der Waals surface area contributed by atoms with E-state index in [-0.39, 0.29) is 12.2 Å². The molecule has 1 aromatic heterocycles. The molecule has 17 heavy (non-hydrogen) atoms. The predicted molar refractivity (Wildman–Crippen MR) is 58.8 cm³/mol. The number of carbonyl (C=O) groups is 1. The molecule has 5 nitrogen and oxygen atoms in total. The van der Waals surface area contributed by atoms with Crippen molar-refractivity contribution in [2.24, 2.45) is 0 Å². The second-order valence-corrected chi connectivity index (χ2v) is 3.61. The second-order valence-electron chi connectivity index (χ2n) is 3.61. The van der Waals surface area contributed by atoms with Gasteiger partial charge in [0.1, 0.15) is 12.0 Å². The quantitative estimate of drug-likeness (QED) is 0.837. The maximum Gasteiger partial charge on any atom is 0.309 e. The van der Waals surface area contributed by atoms with Gasteiger partial charge in [-0.15, -0.1) is 0 Å². The van der Waals surface area contributed by atoms with Crippen LogP contribution in [0.5, 0.6) is 5.75 Å². The van der Waals surface area contributed by atoms with Crippen LogP contribution in [0.15, 0.2) is 34.9 Å². The summed E-state index contributed by atoms with van der Waals surface area (Å²) < 4.78 is 5.14. The molecule has 1 heterocycles. The Kier molecular flexibility index (Phi) is 3.09. The molecule has 0 unspecified atom stereocenters. The smallest absolute Gasteiger partial charge is 0.309 e. The lowest BCUT2D eigenvalue weighted by Gasteiger charge is -1.99. The van der Waals surface area contributed by atoms with Gasteiger partial charge in [-0.25, -0.2) is 4.98 Å². The molecule has 1 aromatic carbocycles. The van der Waals surface area contributed by atoms with Crippen molar-refractivity contribution in [2.45, 2.75) is 12.8 Å². The van der Waals surface area contributed by atoms with Gasteiger partial charge in [-0.3, -0.25) is 4.79 Å². The van der Waals surface area contributed by atoms with E-state index in [1.165, 1.54) is 6.26 Å². The van der Waals surface area contributed by atoms with E-state index in [9.17, 15) is 9.90 Å². The van der Waals surface area contributed by atoms with E-state index in [0.717, 1.165) is 0 Å². The summed E-state index contributed by atoms with van der Waals surface area (Å²) in [4.78, 5) is 14.5. The van der Waals surface area contributed by atoms with Gasteiger partial charge in [0.2, 0.25) is 0 Å². The lowest BCUT2D eigenvalue weighted by atomic mass is 10.1. The number of nitrogens with zero attached hydrogens (tertiary/aromatic N) is 1. The zero-order chi connectivity index (χ0) is 12.3. The number of carboxylic acid groups (broad SMARTS) is 1. The normalized spacial score (nSPS) is 10.4. The number of para-hydroxylation sites is 1. The predicted octanol–water partition coefficient (Wildman–Crippen LogP) is 1.60. The molecule has 2 N–H and O–H groups in total. The van der Waals surface area contributed by atoms with E-state index >= 15 is 0 Å². The van der Waals surface area contributed by atoms with Gasteiger partial charge in [0.05, 0.1) is 18.5 Å². The van der Waals surface area contributed by atoms with E-state index < -0.39 is 5.97 Å². The number of aromatic hydroxyl groups is 1. The third kappa shape index (κ3) is 2.84. The highest BCUT2D eigenvalue weighted by molar-refractivity contribution is 5.69. The summed E-state index contributed by atoms with van der Waals surface area (Å²) in [5, 5.41) is 18.1. The molecular weight excluding hydrogens is 222 g/mol. The molecule has 0 aliphatic heterocycles. The van der Waals surface area contributed by atoms with Crippen molar-refractivity contribution in [3.05, 3.63) is 47.7 Å². The second kappa shape index (κ2) is 4.69. The van der Waals surface area contributed by atoms with Gasteiger partial charge >= 0.3 is 5.97 Å². The molecule has 0 aliphatic rings. The Morgan fingerprint density at radius 1 is 1.35 bits per heavy atom. The first-order valence-corrected chi connectivity index (χ1v) is 5.07. The zero-order valence-corrected chi connectivity index (χ0v) is 8.96. The molecule has 2 rings (SSSR count). The third-order valence-corrected chi connectivity index (χ3v) is 2.26. The molecule has 0 radical (unpaired) electrons. The maximum atomic E-state index is 10.5. The van der Waals surface area contributed by atoms with Crippen molar-refractivity contribution < 1.29 is 19.4 Å². The number of oxazole rings is 1. The number of rotatable bonds is 4. The molecule has 88 valence electrons. The number of phenolic OH excluding ortho intramolecular Hbond substituents is 1. The van der Waals surface area contributed by atoms with Crippen LogP contribution in [0.2, 0.25) is 0 Å². The van der Waals surface area contributed by atoms with Crippen molar-refractivity contribution in [3.8, 4) is 5.75 Å². The molecule has 0 spiro atoms. The molecule has 5 heteroatoms. The Morgan fingerprint density at radius 2 is 2.12 bits per heavy atom. The number of hydrogen-bond donors (Lipinski definition) is 2. The van der Waals surface area contributed by atoms with Crippen LogP contribution in [-0.2, 0) is 17.6 Å². The van der Waals surface area contributed by atoms with Gasteiger partial charge in [0, 0.05) is 5.56 Å². The van der Waals surface area contributed by atoms with Crippen LogP contribution in [-0.4, -0.2) is 21.2 Å². The van der Waals surface area contributed by atoms with Crippen molar-refractivity contribution in [1.29, 1.82) is 0 Å². The Hall–Kier alpha value is -2.30. The molecule has 0 fully saturated rings. The molecule has 0 saturated heterocycles. The maximum absolute atomic E-state index is 10.5. The molecule has 0 amide bonds. The van der Waals surface area contributed by atoms with Crippen LogP contribution in [0, 0.1) is 0 Å². The van der Waals surface area contributed by atoms with Crippen molar-refractivity contribution >= 4 is 5.97 Å². The topological polar surface area (TPSA) is 83.6 Å². The van der Waals surface area contributed by atoms with Gasteiger partial charge in [-0.2, -0.15) is 0 Å². The lowest BCUT2D eigenvalue weighted by molar-refractivity contribution is -0.136. The summed E-state index contributed by atoms with van der Waals surface area (Å²) in [5.41, 5.74) is 1.07. The molecule has 0 aliphatic carbocycles. The minimum absolute atomic E-state index is 0.162. The Balaban J connectivity index is 2.12.